The first-order valence-corrected chi connectivity index (χ1v) is 15.9. The summed E-state index contributed by atoms with van der Waals surface area (Å²) in [6, 6.07) is 55.9. The highest BCUT2D eigenvalue weighted by atomic mass is 15.1. The van der Waals surface area contributed by atoms with Crippen molar-refractivity contribution in [3.63, 3.8) is 0 Å². The Labute approximate surface area is 272 Å². The number of hydrogen-bond acceptors (Lipinski definition) is 2. The van der Waals surface area contributed by atoms with Gasteiger partial charge in [-0.15, -0.1) is 0 Å². The number of imidazole rings is 1. The Morgan fingerprint density at radius 1 is 0.447 bits per heavy atom. The first kappa shape index (κ1) is 27.1. The number of pyridine rings is 1. The maximum atomic E-state index is 5.18. The quantitative estimate of drug-likeness (QED) is 0.196. The summed E-state index contributed by atoms with van der Waals surface area (Å²) in [5.74, 6) is 0.941. The third-order valence-corrected chi connectivity index (χ3v) is 9.18. The summed E-state index contributed by atoms with van der Waals surface area (Å²) >= 11 is 0. The molecule has 9 rings (SSSR count). The predicted molar refractivity (Wildman–Crippen MR) is 195 cm³/mol. The minimum absolute atomic E-state index is 0.941. The molecule has 0 unspecified atom stereocenters. The lowest BCUT2D eigenvalue weighted by molar-refractivity contribution is 0.959. The Hall–Kier alpha value is -6.26. The van der Waals surface area contributed by atoms with E-state index in [0.717, 1.165) is 50.4 Å². The second-order valence-electron chi connectivity index (χ2n) is 12.0. The van der Waals surface area contributed by atoms with Crippen LogP contribution in [0.2, 0.25) is 0 Å². The lowest BCUT2D eigenvalue weighted by Crippen LogP contribution is -1.96. The van der Waals surface area contributed by atoms with Crippen molar-refractivity contribution in [3.8, 4) is 50.6 Å². The minimum atomic E-state index is 0.941. The van der Waals surface area contributed by atoms with Crippen LogP contribution in [-0.4, -0.2) is 19.1 Å². The molecule has 9 aromatic rings. The predicted octanol–water partition coefficient (Wildman–Crippen LogP) is 10.7. The zero-order valence-corrected chi connectivity index (χ0v) is 25.9. The van der Waals surface area contributed by atoms with Gasteiger partial charge in [0.1, 0.15) is 5.82 Å². The van der Waals surface area contributed by atoms with Crippen LogP contribution in [0.4, 0.5) is 0 Å². The van der Waals surface area contributed by atoms with Crippen LogP contribution < -0.4 is 0 Å². The van der Waals surface area contributed by atoms with Crippen LogP contribution in [0.3, 0.4) is 0 Å². The number of hydrogen-bond donors (Lipinski definition) is 0. The molecule has 6 aromatic carbocycles. The molecule has 0 amide bonds. The molecule has 4 heteroatoms. The molecule has 0 aliphatic rings. The second kappa shape index (κ2) is 11.0. The smallest absolute Gasteiger partial charge is 0.140 e. The fraction of sp³-hybridized carbons (Fsp3) is 0.0233. The van der Waals surface area contributed by atoms with E-state index in [1.54, 1.807) is 0 Å². The van der Waals surface area contributed by atoms with Crippen molar-refractivity contribution in [2.75, 3.05) is 0 Å². The first-order chi connectivity index (χ1) is 23.2. The summed E-state index contributed by atoms with van der Waals surface area (Å²) < 4.78 is 4.58. The highest BCUT2D eigenvalue weighted by Gasteiger charge is 2.18. The van der Waals surface area contributed by atoms with Crippen molar-refractivity contribution in [1.82, 2.24) is 19.1 Å². The molecule has 3 heterocycles. The zero-order chi connectivity index (χ0) is 31.3. The number of rotatable bonds is 5. The third kappa shape index (κ3) is 4.62. The van der Waals surface area contributed by atoms with E-state index >= 15 is 0 Å². The van der Waals surface area contributed by atoms with Crippen LogP contribution >= 0.6 is 0 Å². The van der Waals surface area contributed by atoms with Gasteiger partial charge in [-0.05, 0) is 76.9 Å². The molecule has 0 N–H and O–H groups in total. The summed E-state index contributed by atoms with van der Waals surface area (Å²) in [5.41, 5.74) is 13.4. The fourth-order valence-electron chi connectivity index (χ4n) is 6.85. The Balaban J connectivity index is 1.26. The molecule has 222 valence electrons. The van der Waals surface area contributed by atoms with E-state index in [9.17, 15) is 0 Å². The van der Waals surface area contributed by atoms with Crippen molar-refractivity contribution in [2.24, 2.45) is 7.05 Å². The number of fused-ring (bicyclic) bond motifs is 4. The molecule has 0 atom stereocenters. The molecule has 0 fully saturated rings. The van der Waals surface area contributed by atoms with Crippen molar-refractivity contribution in [1.29, 1.82) is 0 Å². The summed E-state index contributed by atoms with van der Waals surface area (Å²) in [5, 5.41) is 2.42. The fourth-order valence-corrected chi connectivity index (χ4v) is 6.85. The molecule has 4 nitrogen and oxygen atoms in total. The summed E-state index contributed by atoms with van der Waals surface area (Å²) in [6.45, 7) is 0. The highest BCUT2D eigenvalue weighted by Crippen LogP contribution is 2.38. The largest absolute Gasteiger partial charge is 0.327 e. The van der Waals surface area contributed by atoms with Gasteiger partial charge in [-0.3, -0.25) is 4.98 Å². The minimum Gasteiger partial charge on any atom is -0.327 e. The maximum Gasteiger partial charge on any atom is 0.140 e. The Kier molecular flexibility index (Phi) is 6.32. The molecular weight excluding hydrogens is 573 g/mol. The molecule has 0 spiro atoms. The van der Waals surface area contributed by atoms with E-state index in [4.69, 9.17) is 4.98 Å². The van der Waals surface area contributed by atoms with E-state index in [2.05, 4.69) is 161 Å². The van der Waals surface area contributed by atoms with Gasteiger partial charge in [0.2, 0.25) is 0 Å². The van der Waals surface area contributed by atoms with Crippen LogP contribution in [-0.2, 0) is 7.05 Å². The van der Waals surface area contributed by atoms with Gasteiger partial charge in [0.05, 0.1) is 27.8 Å². The molecule has 0 bridgehead atoms. The van der Waals surface area contributed by atoms with Crippen LogP contribution in [0.1, 0.15) is 0 Å². The average Bonchev–Trinajstić information content (AvgIpc) is 3.66. The van der Waals surface area contributed by atoms with E-state index in [-0.39, 0.29) is 0 Å². The van der Waals surface area contributed by atoms with E-state index in [1.165, 1.54) is 33.0 Å². The van der Waals surface area contributed by atoms with Crippen LogP contribution in [0, 0.1) is 0 Å². The molecule has 0 aliphatic heterocycles. The lowest BCUT2D eigenvalue weighted by Gasteiger charge is -2.11. The van der Waals surface area contributed by atoms with E-state index in [0.29, 0.717) is 0 Å². The highest BCUT2D eigenvalue weighted by molar-refractivity contribution is 6.11. The number of aryl methyl sites for hydroxylation is 1. The number of benzene rings is 6. The maximum absolute atomic E-state index is 5.18. The van der Waals surface area contributed by atoms with Crippen LogP contribution in [0.25, 0.3) is 83.4 Å². The molecular formula is C43H30N4. The molecule has 0 saturated heterocycles. The summed E-state index contributed by atoms with van der Waals surface area (Å²) in [4.78, 5) is 9.82. The second-order valence-corrected chi connectivity index (χ2v) is 12.0. The number of aromatic nitrogens is 4. The van der Waals surface area contributed by atoms with Crippen molar-refractivity contribution < 1.29 is 0 Å². The van der Waals surface area contributed by atoms with Crippen LogP contribution in [0.15, 0.2) is 164 Å². The normalized spacial score (nSPS) is 11.5. The Morgan fingerprint density at radius 3 is 1.87 bits per heavy atom. The molecule has 0 radical (unpaired) electrons. The first-order valence-electron chi connectivity index (χ1n) is 15.9. The van der Waals surface area contributed by atoms with Crippen molar-refractivity contribution in [2.45, 2.75) is 0 Å². The van der Waals surface area contributed by atoms with Gasteiger partial charge >= 0.3 is 0 Å². The van der Waals surface area contributed by atoms with Crippen LogP contribution in [0.5, 0.6) is 0 Å². The van der Waals surface area contributed by atoms with Gasteiger partial charge in [0, 0.05) is 40.8 Å². The van der Waals surface area contributed by atoms with Gasteiger partial charge < -0.3 is 9.13 Å². The van der Waals surface area contributed by atoms with E-state index in [1.807, 2.05) is 24.4 Å². The SMILES string of the molecule is Cn1c(-c2ccc3c4cc(-c5ccccc5)ccc4n(-c4cccc(-c5ccccn5)c4)c3c2)nc2cc(-c3ccccc3)ccc21. The van der Waals surface area contributed by atoms with Gasteiger partial charge in [-0.1, -0.05) is 103 Å². The van der Waals surface area contributed by atoms with E-state index < -0.39 is 0 Å². The van der Waals surface area contributed by atoms with Gasteiger partial charge in [-0.25, -0.2) is 4.98 Å². The molecule has 0 aliphatic carbocycles. The van der Waals surface area contributed by atoms with Gasteiger partial charge in [-0.2, -0.15) is 0 Å². The molecule has 47 heavy (non-hydrogen) atoms. The Bertz CT molecular complexity index is 2560. The average molecular weight is 603 g/mol. The topological polar surface area (TPSA) is 35.6 Å². The summed E-state index contributed by atoms with van der Waals surface area (Å²) in [6.07, 6.45) is 1.85. The van der Waals surface area contributed by atoms with Crippen molar-refractivity contribution in [3.05, 3.63) is 164 Å². The monoisotopic (exact) mass is 602 g/mol. The van der Waals surface area contributed by atoms with Crippen molar-refractivity contribution >= 4 is 32.8 Å². The van der Waals surface area contributed by atoms with Gasteiger partial charge in [0.25, 0.3) is 0 Å². The molecule has 0 saturated carbocycles. The van der Waals surface area contributed by atoms with Gasteiger partial charge in [0.15, 0.2) is 0 Å². The summed E-state index contributed by atoms with van der Waals surface area (Å²) in [7, 11) is 2.11. The third-order valence-electron chi connectivity index (χ3n) is 9.18. The lowest BCUT2D eigenvalue weighted by atomic mass is 10.0. The zero-order valence-electron chi connectivity index (χ0n) is 25.9. The number of nitrogens with zero attached hydrogens (tertiary/aromatic N) is 4. The standard InChI is InChI=1S/C43H30N4/c1-46-41-23-20-32(30-13-6-3-7-14-30)27-39(41)45-43(46)34-18-21-36-37-26-31(29-11-4-2-5-12-29)19-22-40(37)47(42(36)28-34)35-16-10-15-33(25-35)38-17-8-9-24-44-38/h2-28H,1H3. The Morgan fingerprint density at radius 2 is 1.13 bits per heavy atom. The molecule has 3 aromatic heterocycles.